The molecule has 0 aliphatic carbocycles. The van der Waals surface area contributed by atoms with Gasteiger partial charge in [-0.2, -0.15) is 0 Å². The van der Waals surface area contributed by atoms with E-state index in [-0.39, 0.29) is 18.4 Å². The molecule has 38 heavy (non-hydrogen) atoms. The molecule has 190 valence electrons. The zero-order chi connectivity index (χ0) is 26.6. The standard InChI is InChI=1S/C29H25N5O4/c1-33(25(35)17-34-15-14-30-18-34)22-11-9-21(10-12-22)31-27(19-6-4-3-5-7-19)26-23-13-8-20(29(37)38-2)16-24(23)32-28(26)36/h3-16,18,31H,17H2,1-2H3,(H,32,36). The molecule has 1 aromatic heterocycles. The van der Waals surface area contributed by atoms with E-state index in [1.54, 1.807) is 53.4 Å². The van der Waals surface area contributed by atoms with E-state index in [0.717, 1.165) is 16.9 Å². The molecule has 0 bridgehead atoms. The predicted octanol–water partition coefficient (Wildman–Crippen LogP) is 4.27. The normalized spacial score (nSPS) is 13.4. The van der Waals surface area contributed by atoms with E-state index in [2.05, 4.69) is 15.6 Å². The number of esters is 1. The number of nitrogens with one attached hydrogen (secondary N) is 2. The van der Waals surface area contributed by atoms with Gasteiger partial charge in [-0.05, 0) is 42.0 Å². The second-order valence-corrected chi connectivity index (χ2v) is 8.68. The van der Waals surface area contributed by atoms with Gasteiger partial charge in [-0.1, -0.05) is 36.4 Å². The second-order valence-electron chi connectivity index (χ2n) is 8.68. The lowest BCUT2D eigenvalue weighted by atomic mass is 9.99. The predicted molar refractivity (Wildman–Crippen MR) is 145 cm³/mol. The Morgan fingerprint density at radius 3 is 2.47 bits per heavy atom. The summed E-state index contributed by atoms with van der Waals surface area (Å²) in [6, 6.07) is 21.9. The molecule has 2 N–H and O–H groups in total. The summed E-state index contributed by atoms with van der Waals surface area (Å²) in [7, 11) is 3.04. The maximum atomic E-state index is 13.2. The average molecular weight is 508 g/mol. The minimum atomic E-state index is -0.477. The van der Waals surface area contributed by atoms with Crippen LogP contribution in [-0.4, -0.2) is 41.5 Å². The van der Waals surface area contributed by atoms with Crippen LogP contribution in [0.25, 0.3) is 11.3 Å². The van der Waals surface area contributed by atoms with Crippen molar-refractivity contribution in [3.8, 4) is 0 Å². The van der Waals surface area contributed by atoms with E-state index in [4.69, 9.17) is 4.74 Å². The first-order chi connectivity index (χ1) is 18.4. The van der Waals surface area contributed by atoms with E-state index in [0.29, 0.717) is 28.1 Å². The quantitative estimate of drug-likeness (QED) is 0.286. The summed E-state index contributed by atoms with van der Waals surface area (Å²) in [5.74, 6) is -0.842. The van der Waals surface area contributed by atoms with E-state index < -0.39 is 5.97 Å². The lowest BCUT2D eigenvalue weighted by molar-refractivity contribution is -0.118. The number of hydrogen-bond acceptors (Lipinski definition) is 6. The summed E-state index contributed by atoms with van der Waals surface area (Å²) in [6.07, 6.45) is 4.98. The van der Waals surface area contributed by atoms with Crippen molar-refractivity contribution in [1.29, 1.82) is 0 Å². The molecule has 0 fully saturated rings. The van der Waals surface area contributed by atoms with Crippen LogP contribution in [0.2, 0.25) is 0 Å². The van der Waals surface area contributed by atoms with Crippen molar-refractivity contribution in [2.75, 3.05) is 29.7 Å². The molecule has 0 saturated heterocycles. The number of imidazole rings is 1. The Morgan fingerprint density at radius 1 is 1.03 bits per heavy atom. The number of ether oxygens (including phenoxy) is 1. The molecule has 2 amide bonds. The molecule has 1 aliphatic rings. The minimum Gasteiger partial charge on any atom is -0.465 e. The van der Waals surface area contributed by atoms with Crippen LogP contribution in [0.5, 0.6) is 0 Å². The molecule has 4 aromatic rings. The van der Waals surface area contributed by atoms with Gasteiger partial charge in [-0.3, -0.25) is 9.59 Å². The number of rotatable bonds is 7. The summed E-state index contributed by atoms with van der Waals surface area (Å²) in [4.78, 5) is 43.3. The van der Waals surface area contributed by atoms with Gasteiger partial charge in [0, 0.05) is 36.4 Å². The molecular formula is C29H25N5O4. The van der Waals surface area contributed by atoms with Crippen LogP contribution in [-0.2, 0) is 20.9 Å². The number of benzene rings is 3. The fraction of sp³-hybridized carbons (Fsp3) is 0.103. The molecule has 0 spiro atoms. The molecule has 0 radical (unpaired) electrons. The highest BCUT2D eigenvalue weighted by Gasteiger charge is 2.29. The lowest BCUT2D eigenvalue weighted by Crippen LogP contribution is -2.29. The molecule has 9 nitrogen and oxygen atoms in total. The van der Waals surface area contributed by atoms with Crippen LogP contribution >= 0.6 is 0 Å². The Labute approximate surface area is 219 Å². The summed E-state index contributed by atoms with van der Waals surface area (Å²) < 4.78 is 6.52. The smallest absolute Gasteiger partial charge is 0.337 e. The highest BCUT2D eigenvalue weighted by Crippen LogP contribution is 2.38. The zero-order valence-electron chi connectivity index (χ0n) is 20.8. The van der Waals surface area contributed by atoms with Gasteiger partial charge < -0.3 is 24.8 Å². The summed E-state index contributed by atoms with van der Waals surface area (Å²) >= 11 is 0. The fourth-order valence-electron chi connectivity index (χ4n) is 4.25. The summed E-state index contributed by atoms with van der Waals surface area (Å²) in [5.41, 5.74) is 4.93. The van der Waals surface area contributed by atoms with Gasteiger partial charge in [-0.15, -0.1) is 0 Å². The molecule has 1 aliphatic heterocycles. The van der Waals surface area contributed by atoms with Gasteiger partial charge in [0.1, 0.15) is 6.54 Å². The van der Waals surface area contributed by atoms with Crippen LogP contribution in [0, 0.1) is 0 Å². The van der Waals surface area contributed by atoms with Crippen LogP contribution in [0.15, 0.2) is 91.5 Å². The van der Waals surface area contributed by atoms with E-state index in [1.165, 1.54) is 7.11 Å². The molecule has 3 aromatic carbocycles. The Balaban J connectivity index is 1.46. The first-order valence-electron chi connectivity index (χ1n) is 11.9. The molecule has 2 heterocycles. The van der Waals surface area contributed by atoms with Gasteiger partial charge in [0.15, 0.2) is 0 Å². The van der Waals surface area contributed by atoms with Crippen molar-refractivity contribution in [1.82, 2.24) is 9.55 Å². The van der Waals surface area contributed by atoms with Gasteiger partial charge >= 0.3 is 5.97 Å². The molecule has 5 rings (SSSR count). The van der Waals surface area contributed by atoms with Crippen LogP contribution < -0.4 is 15.5 Å². The number of carbonyl (C=O) groups excluding carboxylic acids is 3. The van der Waals surface area contributed by atoms with E-state index in [1.807, 2.05) is 54.6 Å². The summed E-state index contributed by atoms with van der Waals surface area (Å²) in [6.45, 7) is 0.187. The Kier molecular flexibility index (Phi) is 6.73. The highest BCUT2D eigenvalue weighted by atomic mass is 16.5. The molecule has 9 heteroatoms. The van der Waals surface area contributed by atoms with Crippen molar-refractivity contribution in [3.05, 3.63) is 108 Å². The summed E-state index contributed by atoms with van der Waals surface area (Å²) in [5, 5.41) is 6.26. The molecule has 0 atom stereocenters. The largest absolute Gasteiger partial charge is 0.465 e. The third kappa shape index (κ3) is 4.90. The Morgan fingerprint density at radius 2 is 1.79 bits per heavy atom. The number of methoxy groups -OCH3 is 1. The van der Waals surface area contributed by atoms with Crippen molar-refractivity contribution >= 4 is 46.1 Å². The maximum absolute atomic E-state index is 13.2. The first-order valence-corrected chi connectivity index (χ1v) is 11.9. The van der Waals surface area contributed by atoms with Gasteiger partial charge in [0.05, 0.1) is 36.0 Å². The van der Waals surface area contributed by atoms with E-state index >= 15 is 0 Å². The molecule has 0 saturated carbocycles. The fourth-order valence-corrected chi connectivity index (χ4v) is 4.25. The number of likely N-dealkylation sites (N-methyl/N-ethyl adjacent to an activating group) is 1. The van der Waals surface area contributed by atoms with Crippen LogP contribution in [0.1, 0.15) is 21.5 Å². The van der Waals surface area contributed by atoms with Crippen LogP contribution in [0.3, 0.4) is 0 Å². The third-order valence-corrected chi connectivity index (χ3v) is 6.27. The van der Waals surface area contributed by atoms with Gasteiger partial charge in [-0.25, -0.2) is 9.78 Å². The number of hydrogen-bond donors (Lipinski definition) is 2. The third-order valence-electron chi connectivity index (χ3n) is 6.27. The number of carbonyl (C=O) groups is 3. The van der Waals surface area contributed by atoms with Gasteiger partial charge in [0.2, 0.25) is 5.91 Å². The van der Waals surface area contributed by atoms with Crippen molar-refractivity contribution in [2.45, 2.75) is 6.54 Å². The van der Waals surface area contributed by atoms with Crippen molar-refractivity contribution < 1.29 is 19.1 Å². The number of aromatic nitrogens is 2. The van der Waals surface area contributed by atoms with Gasteiger partial charge in [0.25, 0.3) is 5.91 Å². The van der Waals surface area contributed by atoms with Crippen molar-refractivity contribution in [2.24, 2.45) is 0 Å². The SMILES string of the molecule is COC(=O)c1ccc2c(c1)NC(=O)C2=C(Nc1ccc(N(C)C(=O)Cn2ccnc2)cc1)c1ccccc1. The van der Waals surface area contributed by atoms with Crippen LogP contribution in [0.4, 0.5) is 17.1 Å². The average Bonchev–Trinajstić information content (AvgIpc) is 3.58. The van der Waals surface area contributed by atoms with E-state index in [9.17, 15) is 14.4 Å². The molecule has 0 unspecified atom stereocenters. The zero-order valence-corrected chi connectivity index (χ0v) is 20.8. The number of amides is 2. The topological polar surface area (TPSA) is 106 Å². The number of anilines is 3. The number of fused-ring (bicyclic) bond motifs is 1. The lowest BCUT2D eigenvalue weighted by Gasteiger charge is -2.19. The van der Waals surface area contributed by atoms with Crippen molar-refractivity contribution in [3.63, 3.8) is 0 Å². The number of nitrogens with zero attached hydrogens (tertiary/aromatic N) is 3. The minimum absolute atomic E-state index is 0.0821. The molecular weight excluding hydrogens is 482 g/mol. The highest BCUT2D eigenvalue weighted by molar-refractivity contribution is 6.37. The monoisotopic (exact) mass is 507 g/mol. The first kappa shape index (κ1) is 24.5. The Hall–Kier alpha value is -5.18. The maximum Gasteiger partial charge on any atom is 0.337 e. The second kappa shape index (κ2) is 10.4. The Bertz CT molecular complexity index is 1530.